The summed E-state index contributed by atoms with van der Waals surface area (Å²) in [5.74, 6) is -2.33. The number of aliphatic carboxylic acids is 1. The maximum atomic E-state index is 10.6. The van der Waals surface area contributed by atoms with E-state index in [9.17, 15) is 13.2 Å². The molecule has 0 aliphatic heterocycles. The van der Waals surface area contributed by atoms with Crippen LogP contribution in [-0.4, -0.2) is 43.9 Å². The summed E-state index contributed by atoms with van der Waals surface area (Å²) < 4.78 is 38.8. The first-order valence-electron chi connectivity index (χ1n) is 6.75. The standard InChI is InChI=1S/C10H16N6O.C2HF3O2/c1-3-4-5-16-8-6(13-10(16)17-2)7(11)14-9(12)15-8;3-2(4,5)1(6)7/h3-5H2,1-2H3,(H4,11,12,14,15);(H,6,7). The topological polar surface area (TPSA) is 142 Å². The van der Waals surface area contributed by atoms with Gasteiger partial charge in [0.05, 0.1) is 7.11 Å². The number of anilines is 2. The Bertz CT molecular complexity index is 716. The van der Waals surface area contributed by atoms with E-state index in [2.05, 4.69) is 21.9 Å². The van der Waals surface area contributed by atoms with E-state index in [1.807, 2.05) is 4.57 Å². The summed E-state index contributed by atoms with van der Waals surface area (Å²) in [6.07, 6.45) is -3.01. The van der Waals surface area contributed by atoms with E-state index in [1.165, 1.54) is 0 Å². The molecule has 0 atom stereocenters. The number of alkyl halides is 3. The molecule has 2 aromatic heterocycles. The van der Waals surface area contributed by atoms with Crippen molar-refractivity contribution >= 4 is 28.9 Å². The van der Waals surface area contributed by atoms with Gasteiger partial charge < -0.3 is 21.3 Å². The van der Waals surface area contributed by atoms with Crippen LogP contribution in [0.3, 0.4) is 0 Å². The highest BCUT2D eigenvalue weighted by atomic mass is 19.4. The number of hydrogen-bond donors (Lipinski definition) is 3. The Balaban J connectivity index is 0.000000351. The van der Waals surface area contributed by atoms with E-state index >= 15 is 0 Å². The van der Waals surface area contributed by atoms with Crippen molar-refractivity contribution in [3.63, 3.8) is 0 Å². The average molecular weight is 350 g/mol. The van der Waals surface area contributed by atoms with Crippen LogP contribution in [0.15, 0.2) is 0 Å². The van der Waals surface area contributed by atoms with Crippen LogP contribution in [0.25, 0.3) is 11.2 Å². The number of carboxylic acid groups (broad SMARTS) is 1. The number of nitrogens with two attached hydrogens (primary N) is 2. The van der Waals surface area contributed by atoms with Crippen LogP contribution >= 0.6 is 0 Å². The number of unbranched alkanes of at least 4 members (excludes halogenated alkanes) is 1. The molecule has 2 aromatic rings. The van der Waals surface area contributed by atoms with Crippen molar-refractivity contribution in [2.45, 2.75) is 32.5 Å². The molecule has 0 amide bonds. The molecule has 0 unspecified atom stereocenters. The molecular formula is C12H17F3N6O3. The molecule has 0 aliphatic rings. The summed E-state index contributed by atoms with van der Waals surface area (Å²) >= 11 is 0. The van der Waals surface area contributed by atoms with Gasteiger partial charge in [-0.05, 0) is 6.42 Å². The Morgan fingerprint density at radius 3 is 2.33 bits per heavy atom. The number of carbonyl (C=O) groups is 1. The summed E-state index contributed by atoms with van der Waals surface area (Å²) in [7, 11) is 1.57. The van der Waals surface area contributed by atoms with Crippen molar-refractivity contribution in [1.29, 1.82) is 0 Å². The zero-order valence-corrected chi connectivity index (χ0v) is 13.0. The van der Waals surface area contributed by atoms with Crippen molar-refractivity contribution in [3.8, 4) is 6.01 Å². The van der Waals surface area contributed by atoms with Crippen molar-refractivity contribution in [2.75, 3.05) is 18.6 Å². The molecule has 12 heteroatoms. The lowest BCUT2D eigenvalue weighted by molar-refractivity contribution is -0.192. The van der Waals surface area contributed by atoms with Gasteiger partial charge in [0.1, 0.15) is 0 Å². The normalized spacial score (nSPS) is 11.0. The zero-order valence-electron chi connectivity index (χ0n) is 13.0. The number of nitrogens with zero attached hydrogens (tertiary/aromatic N) is 4. The molecule has 9 nitrogen and oxygen atoms in total. The van der Waals surface area contributed by atoms with Gasteiger partial charge in [-0.2, -0.15) is 28.1 Å². The van der Waals surface area contributed by atoms with Crippen LogP contribution in [0.4, 0.5) is 24.9 Å². The van der Waals surface area contributed by atoms with Gasteiger partial charge in [0.25, 0.3) is 6.01 Å². The van der Waals surface area contributed by atoms with E-state index in [0.717, 1.165) is 19.4 Å². The van der Waals surface area contributed by atoms with E-state index < -0.39 is 12.1 Å². The Morgan fingerprint density at radius 2 is 1.88 bits per heavy atom. The van der Waals surface area contributed by atoms with Gasteiger partial charge in [-0.25, -0.2) is 4.79 Å². The zero-order chi connectivity index (χ0) is 18.5. The molecule has 24 heavy (non-hydrogen) atoms. The van der Waals surface area contributed by atoms with Gasteiger partial charge in [-0.3, -0.25) is 4.57 Å². The third kappa shape index (κ3) is 4.60. The number of aryl methyl sites for hydroxylation is 1. The fourth-order valence-electron chi connectivity index (χ4n) is 1.69. The molecule has 0 bridgehead atoms. The van der Waals surface area contributed by atoms with Crippen LogP contribution in [0, 0.1) is 0 Å². The number of fused-ring (bicyclic) bond motifs is 1. The summed E-state index contributed by atoms with van der Waals surface area (Å²) in [5.41, 5.74) is 12.5. The highest BCUT2D eigenvalue weighted by Crippen LogP contribution is 2.24. The second kappa shape index (κ2) is 7.66. The van der Waals surface area contributed by atoms with Crippen LogP contribution < -0.4 is 16.2 Å². The van der Waals surface area contributed by atoms with Crippen molar-refractivity contribution in [2.24, 2.45) is 0 Å². The minimum absolute atomic E-state index is 0.148. The van der Waals surface area contributed by atoms with Crippen molar-refractivity contribution in [1.82, 2.24) is 19.5 Å². The Labute approximate surface area is 134 Å². The summed E-state index contributed by atoms with van der Waals surface area (Å²) in [6.45, 7) is 2.88. The Hall–Kier alpha value is -2.79. The monoisotopic (exact) mass is 350 g/mol. The van der Waals surface area contributed by atoms with E-state index in [0.29, 0.717) is 17.2 Å². The van der Waals surface area contributed by atoms with Crippen LogP contribution in [0.5, 0.6) is 6.01 Å². The highest BCUT2D eigenvalue weighted by molar-refractivity contribution is 5.83. The third-order valence-corrected chi connectivity index (χ3v) is 2.76. The summed E-state index contributed by atoms with van der Waals surface area (Å²) in [5, 5.41) is 7.12. The molecule has 0 fully saturated rings. The Kier molecular flexibility index (Phi) is 6.14. The molecule has 0 aliphatic carbocycles. The van der Waals surface area contributed by atoms with Gasteiger partial charge >= 0.3 is 12.1 Å². The predicted molar refractivity (Wildman–Crippen MR) is 79.3 cm³/mol. The fourth-order valence-corrected chi connectivity index (χ4v) is 1.69. The molecule has 0 aromatic carbocycles. The van der Waals surface area contributed by atoms with E-state index in [4.69, 9.17) is 26.1 Å². The summed E-state index contributed by atoms with van der Waals surface area (Å²) in [4.78, 5) is 21.2. The van der Waals surface area contributed by atoms with E-state index in [-0.39, 0.29) is 11.8 Å². The smallest absolute Gasteiger partial charge is 0.475 e. The lowest BCUT2D eigenvalue weighted by Crippen LogP contribution is -2.21. The average Bonchev–Trinajstić information content (AvgIpc) is 2.82. The molecule has 0 saturated carbocycles. The number of imidazole rings is 1. The number of aromatic nitrogens is 4. The van der Waals surface area contributed by atoms with E-state index in [1.54, 1.807) is 7.11 Å². The SMILES string of the molecule is CCCCn1c(OC)nc2c(N)nc(N)nc21.O=C(O)C(F)(F)F. The first-order valence-corrected chi connectivity index (χ1v) is 6.75. The molecule has 0 saturated heterocycles. The lowest BCUT2D eigenvalue weighted by Gasteiger charge is -2.05. The molecule has 0 spiro atoms. The third-order valence-electron chi connectivity index (χ3n) is 2.76. The predicted octanol–water partition coefficient (Wildman–Crippen LogP) is 1.43. The molecule has 2 rings (SSSR count). The van der Waals surface area contributed by atoms with Gasteiger partial charge in [0, 0.05) is 6.54 Å². The van der Waals surface area contributed by atoms with Crippen molar-refractivity contribution < 1.29 is 27.8 Å². The number of nitrogen functional groups attached to an aromatic ring is 2. The lowest BCUT2D eigenvalue weighted by atomic mass is 10.3. The van der Waals surface area contributed by atoms with Crippen LogP contribution in [0.2, 0.25) is 0 Å². The van der Waals surface area contributed by atoms with Gasteiger partial charge in [0.2, 0.25) is 5.95 Å². The van der Waals surface area contributed by atoms with Gasteiger partial charge in [-0.1, -0.05) is 13.3 Å². The number of rotatable bonds is 4. The molecule has 134 valence electrons. The number of carboxylic acids is 1. The maximum absolute atomic E-state index is 10.6. The first-order chi connectivity index (χ1) is 11.1. The second-order valence-electron chi connectivity index (χ2n) is 4.55. The quantitative estimate of drug-likeness (QED) is 0.751. The molecule has 2 heterocycles. The fraction of sp³-hybridized carbons (Fsp3) is 0.500. The number of ether oxygens (including phenoxy) is 1. The maximum Gasteiger partial charge on any atom is 0.490 e. The minimum Gasteiger partial charge on any atom is -0.475 e. The minimum atomic E-state index is -5.08. The first kappa shape index (κ1) is 19.3. The number of hydrogen-bond acceptors (Lipinski definition) is 7. The van der Waals surface area contributed by atoms with Crippen molar-refractivity contribution in [3.05, 3.63) is 0 Å². The van der Waals surface area contributed by atoms with Crippen LogP contribution in [0.1, 0.15) is 19.8 Å². The number of halogens is 3. The van der Waals surface area contributed by atoms with Crippen LogP contribution in [-0.2, 0) is 11.3 Å². The highest BCUT2D eigenvalue weighted by Gasteiger charge is 2.38. The van der Waals surface area contributed by atoms with Gasteiger partial charge in [-0.15, -0.1) is 0 Å². The number of methoxy groups -OCH3 is 1. The molecular weight excluding hydrogens is 333 g/mol. The molecule has 0 radical (unpaired) electrons. The van der Waals surface area contributed by atoms with Gasteiger partial charge in [0.15, 0.2) is 17.0 Å². The largest absolute Gasteiger partial charge is 0.490 e. The second-order valence-corrected chi connectivity index (χ2v) is 4.55. The Morgan fingerprint density at radius 1 is 1.29 bits per heavy atom. The molecule has 5 N–H and O–H groups in total. The summed E-state index contributed by atoms with van der Waals surface area (Å²) in [6, 6.07) is 0.486.